The number of nitrogens with zero attached hydrogens (tertiary/aromatic N) is 1. The highest BCUT2D eigenvalue weighted by Crippen LogP contribution is 2.33. The Morgan fingerprint density at radius 1 is 1.47 bits per heavy atom. The highest BCUT2D eigenvalue weighted by Gasteiger charge is 2.22. The molecule has 0 radical (unpaired) electrons. The van der Waals surface area contributed by atoms with Crippen LogP contribution in [-0.2, 0) is 13.0 Å². The lowest BCUT2D eigenvalue weighted by Crippen LogP contribution is -2.18. The van der Waals surface area contributed by atoms with Crippen LogP contribution < -0.4 is 10.1 Å². The summed E-state index contributed by atoms with van der Waals surface area (Å²) >= 11 is 1.72. The summed E-state index contributed by atoms with van der Waals surface area (Å²) in [5, 5.41) is 6.87. The van der Waals surface area contributed by atoms with Gasteiger partial charge in [0.15, 0.2) is 0 Å². The maximum absolute atomic E-state index is 5.32. The summed E-state index contributed by atoms with van der Waals surface area (Å²) in [6.07, 6.45) is 2.31. The molecule has 1 aliphatic carbocycles. The van der Waals surface area contributed by atoms with Gasteiger partial charge in [0.05, 0.1) is 7.11 Å². The SMILES string of the molecule is COc1ccc2c(c1)C(NCc1nc(C)cs1)CC2. The first-order chi connectivity index (χ1) is 9.26. The average molecular weight is 274 g/mol. The maximum Gasteiger partial charge on any atom is 0.119 e. The van der Waals surface area contributed by atoms with Crippen molar-refractivity contribution in [3.63, 3.8) is 0 Å². The summed E-state index contributed by atoms with van der Waals surface area (Å²) in [4.78, 5) is 4.49. The molecule has 0 bridgehead atoms. The molecule has 0 spiro atoms. The largest absolute Gasteiger partial charge is 0.497 e. The van der Waals surface area contributed by atoms with Gasteiger partial charge < -0.3 is 10.1 Å². The lowest BCUT2D eigenvalue weighted by molar-refractivity contribution is 0.413. The zero-order valence-corrected chi connectivity index (χ0v) is 12.1. The topological polar surface area (TPSA) is 34.1 Å². The minimum atomic E-state index is 0.425. The van der Waals surface area contributed by atoms with E-state index in [-0.39, 0.29) is 0 Å². The zero-order valence-electron chi connectivity index (χ0n) is 11.3. The number of thiazole rings is 1. The van der Waals surface area contributed by atoms with Crippen molar-refractivity contribution in [1.82, 2.24) is 10.3 Å². The van der Waals surface area contributed by atoms with E-state index in [2.05, 4.69) is 27.8 Å². The van der Waals surface area contributed by atoms with Crippen LogP contribution >= 0.6 is 11.3 Å². The fourth-order valence-corrected chi connectivity index (χ4v) is 3.34. The van der Waals surface area contributed by atoms with Crippen molar-refractivity contribution in [1.29, 1.82) is 0 Å². The van der Waals surface area contributed by atoms with Gasteiger partial charge in [-0.05, 0) is 43.0 Å². The molecule has 19 heavy (non-hydrogen) atoms. The molecule has 0 aliphatic heterocycles. The predicted molar refractivity (Wildman–Crippen MR) is 77.7 cm³/mol. The number of ether oxygens (including phenoxy) is 1. The number of hydrogen-bond acceptors (Lipinski definition) is 4. The van der Waals surface area contributed by atoms with Gasteiger partial charge in [-0.1, -0.05) is 6.07 Å². The summed E-state index contributed by atoms with van der Waals surface area (Å²) in [7, 11) is 1.72. The summed E-state index contributed by atoms with van der Waals surface area (Å²) < 4.78 is 5.32. The highest BCUT2D eigenvalue weighted by atomic mass is 32.1. The molecule has 1 atom stereocenters. The number of nitrogens with one attached hydrogen (secondary N) is 1. The standard InChI is InChI=1S/C15H18N2OS/c1-10-9-19-15(17-10)8-16-14-6-4-11-3-5-12(18-2)7-13(11)14/h3,5,7,9,14,16H,4,6,8H2,1-2H3. The minimum absolute atomic E-state index is 0.425. The Balaban J connectivity index is 1.71. The molecule has 100 valence electrons. The number of methoxy groups -OCH3 is 1. The van der Waals surface area contributed by atoms with E-state index in [1.54, 1.807) is 18.4 Å². The lowest BCUT2D eigenvalue weighted by Gasteiger charge is -2.13. The Morgan fingerprint density at radius 3 is 3.11 bits per heavy atom. The Labute approximate surface area is 117 Å². The molecule has 4 heteroatoms. The van der Waals surface area contributed by atoms with Crippen molar-refractivity contribution in [2.24, 2.45) is 0 Å². The average Bonchev–Trinajstić information content (AvgIpc) is 3.02. The van der Waals surface area contributed by atoms with Gasteiger partial charge in [-0.25, -0.2) is 4.98 Å². The van der Waals surface area contributed by atoms with Crippen LogP contribution in [0.2, 0.25) is 0 Å². The normalized spacial score (nSPS) is 17.5. The van der Waals surface area contributed by atoms with Gasteiger partial charge in [0.2, 0.25) is 0 Å². The lowest BCUT2D eigenvalue weighted by atomic mass is 10.1. The molecular weight excluding hydrogens is 256 g/mol. The number of hydrogen-bond donors (Lipinski definition) is 1. The molecule has 1 aliphatic rings. The van der Waals surface area contributed by atoms with Gasteiger partial charge >= 0.3 is 0 Å². The van der Waals surface area contributed by atoms with Crippen LogP contribution in [0.25, 0.3) is 0 Å². The molecule has 2 aromatic rings. The number of aromatic nitrogens is 1. The van der Waals surface area contributed by atoms with E-state index in [1.165, 1.54) is 11.1 Å². The highest BCUT2D eigenvalue weighted by molar-refractivity contribution is 7.09. The van der Waals surface area contributed by atoms with Crippen molar-refractivity contribution >= 4 is 11.3 Å². The van der Waals surface area contributed by atoms with E-state index in [1.807, 2.05) is 13.0 Å². The maximum atomic E-state index is 5.32. The van der Waals surface area contributed by atoms with Gasteiger partial charge in [0.25, 0.3) is 0 Å². The van der Waals surface area contributed by atoms with Crippen LogP contribution in [0.5, 0.6) is 5.75 Å². The Kier molecular flexibility index (Phi) is 3.53. The molecular formula is C15H18N2OS. The third-order valence-corrected chi connectivity index (χ3v) is 4.56. The third kappa shape index (κ3) is 2.65. The van der Waals surface area contributed by atoms with Crippen LogP contribution in [0.3, 0.4) is 0 Å². The molecule has 1 unspecified atom stereocenters. The fraction of sp³-hybridized carbons (Fsp3) is 0.400. The molecule has 1 aromatic carbocycles. The van der Waals surface area contributed by atoms with E-state index >= 15 is 0 Å². The number of fused-ring (bicyclic) bond motifs is 1. The second-order valence-electron chi connectivity index (χ2n) is 4.92. The Bertz CT molecular complexity index is 579. The van der Waals surface area contributed by atoms with Crippen molar-refractivity contribution in [2.75, 3.05) is 7.11 Å². The van der Waals surface area contributed by atoms with E-state index in [0.29, 0.717) is 6.04 Å². The number of benzene rings is 1. The number of rotatable bonds is 4. The fourth-order valence-electron chi connectivity index (χ4n) is 2.61. The first kappa shape index (κ1) is 12.6. The van der Waals surface area contributed by atoms with Crippen LogP contribution in [-0.4, -0.2) is 12.1 Å². The van der Waals surface area contributed by atoms with Crippen LogP contribution in [0, 0.1) is 6.92 Å². The van der Waals surface area contributed by atoms with Gasteiger partial charge in [0, 0.05) is 23.7 Å². The molecule has 0 saturated carbocycles. The molecule has 0 amide bonds. The quantitative estimate of drug-likeness (QED) is 0.929. The van der Waals surface area contributed by atoms with Crippen LogP contribution in [0.1, 0.15) is 34.3 Å². The molecule has 1 N–H and O–H groups in total. The first-order valence-electron chi connectivity index (χ1n) is 6.57. The van der Waals surface area contributed by atoms with E-state index in [0.717, 1.165) is 35.8 Å². The van der Waals surface area contributed by atoms with E-state index < -0.39 is 0 Å². The van der Waals surface area contributed by atoms with Crippen molar-refractivity contribution in [2.45, 2.75) is 32.4 Å². The summed E-state index contributed by atoms with van der Waals surface area (Å²) in [5.41, 5.74) is 3.93. The predicted octanol–water partition coefficient (Wildman–Crippen LogP) is 3.24. The smallest absolute Gasteiger partial charge is 0.119 e. The van der Waals surface area contributed by atoms with Gasteiger partial charge in [-0.2, -0.15) is 0 Å². The molecule has 3 rings (SSSR count). The van der Waals surface area contributed by atoms with Crippen LogP contribution in [0.4, 0.5) is 0 Å². The molecule has 0 saturated heterocycles. The molecule has 1 heterocycles. The monoisotopic (exact) mass is 274 g/mol. The van der Waals surface area contributed by atoms with Crippen molar-refractivity contribution < 1.29 is 4.74 Å². The summed E-state index contributed by atoms with van der Waals surface area (Å²) in [6.45, 7) is 2.88. The van der Waals surface area contributed by atoms with Crippen molar-refractivity contribution in [3.05, 3.63) is 45.4 Å². The first-order valence-corrected chi connectivity index (χ1v) is 7.45. The second kappa shape index (κ2) is 5.31. The third-order valence-electron chi connectivity index (χ3n) is 3.60. The van der Waals surface area contributed by atoms with Gasteiger partial charge in [0.1, 0.15) is 10.8 Å². The van der Waals surface area contributed by atoms with Crippen molar-refractivity contribution in [3.8, 4) is 5.75 Å². The van der Waals surface area contributed by atoms with Crippen LogP contribution in [0.15, 0.2) is 23.6 Å². The Morgan fingerprint density at radius 2 is 2.37 bits per heavy atom. The summed E-state index contributed by atoms with van der Waals surface area (Å²) in [5.74, 6) is 0.942. The summed E-state index contributed by atoms with van der Waals surface area (Å²) in [6, 6.07) is 6.82. The van der Waals surface area contributed by atoms with Gasteiger partial charge in [-0.15, -0.1) is 11.3 Å². The Hall–Kier alpha value is -1.39. The number of aryl methyl sites for hydroxylation is 2. The molecule has 1 aromatic heterocycles. The van der Waals surface area contributed by atoms with E-state index in [4.69, 9.17) is 4.74 Å². The molecule has 3 nitrogen and oxygen atoms in total. The van der Waals surface area contributed by atoms with E-state index in [9.17, 15) is 0 Å². The van der Waals surface area contributed by atoms with Gasteiger partial charge in [-0.3, -0.25) is 0 Å². The zero-order chi connectivity index (χ0) is 13.2. The minimum Gasteiger partial charge on any atom is -0.497 e. The molecule has 0 fully saturated rings. The second-order valence-corrected chi connectivity index (χ2v) is 5.86.